The van der Waals surface area contributed by atoms with Crippen molar-refractivity contribution >= 4 is 5.91 Å². The van der Waals surface area contributed by atoms with E-state index >= 15 is 0 Å². The molecular formula is C17H26N4O2. The highest BCUT2D eigenvalue weighted by Crippen LogP contribution is 2.37. The monoisotopic (exact) mass is 318 g/mol. The summed E-state index contributed by atoms with van der Waals surface area (Å²) in [5.74, 6) is 2.98. The van der Waals surface area contributed by atoms with E-state index < -0.39 is 0 Å². The summed E-state index contributed by atoms with van der Waals surface area (Å²) in [6, 6.07) is 0.310. The predicted octanol–water partition coefficient (Wildman–Crippen LogP) is 2.20. The second kappa shape index (κ2) is 5.89. The number of aromatic nitrogens is 2. The van der Waals surface area contributed by atoms with Gasteiger partial charge in [0.1, 0.15) is 0 Å². The Kier molecular flexibility index (Phi) is 3.87. The van der Waals surface area contributed by atoms with Gasteiger partial charge in [-0.2, -0.15) is 4.98 Å². The molecule has 0 radical (unpaired) electrons. The zero-order valence-electron chi connectivity index (χ0n) is 14.1. The van der Waals surface area contributed by atoms with Gasteiger partial charge in [-0.05, 0) is 38.1 Å². The molecule has 0 bridgehead atoms. The van der Waals surface area contributed by atoms with Crippen LogP contribution in [0.5, 0.6) is 0 Å². The van der Waals surface area contributed by atoms with Gasteiger partial charge in [0.25, 0.3) is 0 Å². The summed E-state index contributed by atoms with van der Waals surface area (Å²) >= 11 is 0. The summed E-state index contributed by atoms with van der Waals surface area (Å²) in [7, 11) is 0. The molecule has 1 aliphatic carbocycles. The van der Waals surface area contributed by atoms with Crippen molar-refractivity contribution in [1.82, 2.24) is 19.9 Å². The molecule has 0 spiro atoms. The van der Waals surface area contributed by atoms with E-state index in [0.717, 1.165) is 43.7 Å². The number of amides is 1. The third-order valence-electron chi connectivity index (χ3n) is 5.35. The molecule has 6 nitrogen and oxygen atoms in total. The SMILES string of the molecule is CC(C)C(=O)N1CC(c2noc([C@@H]3CCCN3CC3CC3)n2)C1. The maximum Gasteiger partial charge on any atom is 0.244 e. The Morgan fingerprint density at radius 2 is 2.09 bits per heavy atom. The van der Waals surface area contributed by atoms with E-state index in [1.54, 1.807) is 0 Å². The Morgan fingerprint density at radius 1 is 1.30 bits per heavy atom. The zero-order valence-corrected chi connectivity index (χ0v) is 14.1. The Morgan fingerprint density at radius 3 is 2.78 bits per heavy atom. The molecule has 4 rings (SSSR count). The van der Waals surface area contributed by atoms with Crippen molar-refractivity contribution < 1.29 is 9.32 Å². The molecule has 2 aliphatic heterocycles. The van der Waals surface area contributed by atoms with Gasteiger partial charge >= 0.3 is 0 Å². The summed E-state index contributed by atoms with van der Waals surface area (Å²) in [5.41, 5.74) is 0. The van der Waals surface area contributed by atoms with Gasteiger partial charge in [0, 0.05) is 25.6 Å². The standard InChI is InChI=1S/C17H26N4O2/c1-11(2)17(22)21-9-13(10-21)15-18-16(23-19-15)14-4-3-7-20(14)8-12-5-6-12/h11-14H,3-10H2,1-2H3/t14-/m0/s1. The molecule has 1 amide bonds. The molecule has 1 aromatic rings. The van der Waals surface area contributed by atoms with Crippen LogP contribution in [0.3, 0.4) is 0 Å². The van der Waals surface area contributed by atoms with Gasteiger partial charge in [-0.1, -0.05) is 19.0 Å². The average Bonchev–Trinajstić information content (AvgIpc) is 2.96. The smallest absolute Gasteiger partial charge is 0.244 e. The number of carbonyl (C=O) groups excluding carboxylic acids is 1. The van der Waals surface area contributed by atoms with Gasteiger partial charge in [-0.25, -0.2) is 0 Å². The summed E-state index contributed by atoms with van der Waals surface area (Å²) < 4.78 is 5.57. The normalized spacial score (nSPS) is 26.0. The molecule has 1 atom stereocenters. The topological polar surface area (TPSA) is 62.5 Å². The Hall–Kier alpha value is -1.43. The molecule has 6 heteroatoms. The number of nitrogens with zero attached hydrogens (tertiary/aromatic N) is 4. The molecule has 0 aromatic carbocycles. The van der Waals surface area contributed by atoms with Crippen molar-refractivity contribution in [1.29, 1.82) is 0 Å². The van der Waals surface area contributed by atoms with Crippen molar-refractivity contribution in [2.45, 2.75) is 51.5 Å². The summed E-state index contributed by atoms with van der Waals surface area (Å²) in [6.45, 7) is 7.67. The summed E-state index contributed by atoms with van der Waals surface area (Å²) in [6.07, 6.45) is 5.09. The van der Waals surface area contributed by atoms with Crippen molar-refractivity contribution in [2.24, 2.45) is 11.8 Å². The van der Waals surface area contributed by atoms with E-state index in [2.05, 4.69) is 15.0 Å². The molecule has 1 saturated carbocycles. The first kappa shape index (κ1) is 15.1. The third kappa shape index (κ3) is 3.01. The average molecular weight is 318 g/mol. The van der Waals surface area contributed by atoms with Gasteiger partial charge in [0.2, 0.25) is 11.8 Å². The Bertz CT molecular complexity index is 575. The molecule has 126 valence electrons. The van der Waals surface area contributed by atoms with Crippen molar-refractivity contribution in [3.8, 4) is 0 Å². The quantitative estimate of drug-likeness (QED) is 0.833. The molecule has 3 heterocycles. The number of likely N-dealkylation sites (tertiary alicyclic amines) is 2. The van der Waals surface area contributed by atoms with Gasteiger partial charge in [0.15, 0.2) is 5.82 Å². The van der Waals surface area contributed by atoms with Crippen LogP contribution < -0.4 is 0 Å². The zero-order chi connectivity index (χ0) is 16.0. The van der Waals surface area contributed by atoms with Crippen LogP contribution >= 0.6 is 0 Å². The molecule has 23 heavy (non-hydrogen) atoms. The van der Waals surface area contributed by atoms with Crippen LogP contribution in [0.2, 0.25) is 0 Å². The highest BCUT2D eigenvalue weighted by Gasteiger charge is 2.38. The summed E-state index contributed by atoms with van der Waals surface area (Å²) in [4.78, 5) is 21.0. The van der Waals surface area contributed by atoms with E-state index in [1.165, 1.54) is 25.8 Å². The lowest BCUT2D eigenvalue weighted by molar-refractivity contribution is -0.139. The molecular weight excluding hydrogens is 292 g/mol. The first-order valence-electron chi connectivity index (χ1n) is 8.98. The fourth-order valence-electron chi connectivity index (χ4n) is 3.69. The van der Waals surface area contributed by atoms with E-state index in [1.807, 2.05) is 18.7 Å². The fourth-order valence-corrected chi connectivity index (χ4v) is 3.69. The number of hydrogen-bond donors (Lipinski definition) is 0. The Labute approximate surface area is 137 Å². The molecule has 0 N–H and O–H groups in total. The maximum atomic E-state index is 11.9. The molecule has 1 aromatic heterocycles. The van der Waals surface area contributed by atoms with Crippen molar-refractivity contribution in [3.05, 3.63) is 11.7 Å². The lowest BCUT2D eigenvalue weighted by Crippen LogP contribution is -2.50. The van der Waals surface area contributed by atoms with Gasteiger partial charge in [0.05, 0.1) is 12.0 Å². The lowest BCUT2D eigenvalue weighted by atomic mass is 9.97. The van der Waals surface area contributed by atoms with E-state index in [0.29, 0.717) is 6.04 Å². The van der Waals surface area contributed by atoms with Gasteiger partial charge < -0.3 is 9.42 Å². The van der Waals surface area contributed by atoms with Crippen LogP contribution in [0, 0.1) is 11.8 Å². The summed E-state index contributed by atoms with van der Waals surface area (Å²) in [5, 5.41) is 4.20. The van der Waals surface area contributed by atoms with Crippen molar-refractivity contribution in [3.63, 3.8) is 0 Å². The second-order valence-electron chi connectivity index (χ2n) is 7.68. The van der Waals surface area contributed by atoms with Crippen LogP contribution in [0.4, 0.5) is 0 Å². The highest BCUT2D eigenvalue weighted by atomic mass is 16.5. The molecule has 0 unspecified atom stereocenters. The fraction of sp³-hybridized carbons (Fsp3) is 0.824. The molecule has 3 fully saturated rings. The number of hydrogen-bond acceptors (Lipinski definition) is 5. The minimum Gasteiger partial charge on any atom is -0.341 e. The van der Waals surface area contributed by atoms with Crippen LogP contribution in [0.25, 0.3) is 0 Å². The van der Waals surface area contributed by atoms with Crippen LogP contribution in [-0.4, -0.2) is 52.0 Å². The minimum absolute atomic E-state index is 0.0613. The Balaban J connectivity index is 1.37. The minimum atomic E-state index is 0.0613. The third-order valence-corrected chi connectivity index (χ3v) is 5.35. The maximum absolute atomic E-state index is 11.9. The van der Waals surface area contributed by atoms with E-state index in [9.17, 15) is 4.79 Å². The lowest BCUT2D eigenvalue weighted by Gasteiger charge is -2.38. The second-order valence-corrected chi connectivity index (χ2v) is 7.68. The number of carbonyl (C=O) groups is 1. The highest BCUT2D eigenvalue weighted by molar-refractivity contribution is 5.79. The first-order valence-corrected chi connectivity index (χ1v) is 8.98. The predicted molar refractivity (Wildman–Crippen MR) is 84.7 cm³/mol. The van der Waals surface area contributed by atoms with Crippen molar-refractivity contribution in [2.75, 3.05) is 26.2 Å². The van der Waals surface area contributed by atoms with Crippen LogP contribution in [-0.2, 0) is 4.79 Å². The van der Waals surface area contributed by atoms with Gasteiger partial charge in [-0.3, -0.25) is 9.69 Å². The molecule has 3 aliphatic rings. The number of rotatable bonds is 5. The van der Waals surface area contributed by atoms with E-state index in [-0.39, 0.29) is 17.7 Å². The largest absolute Gasteiger partial charge is 0.341 e. The van der Waals surface area contributed by atoms with Gasteiger partial charge in [-0.15, -0.1) is 0 Å². The van der Waals surface area contributed by atoms with Crippen LogP contribution in [0.15, 0.2) is 4.52 Å². The van der Waals surface area contributed by atoms with Crippen LogP contribution in [0.1, 0.15) is 63.2 Å². The molecule has 2 saturated heterocycles. The first-order chi connectivity index (χ1) is 11.1. The van der Waals surface area contributed by atoms with E-state index in [4.69, 9.17) is 4.52 Å².